The highest BCUT2D eigenvalue weighted by Gasteiger charge is 2.26. The summed E-state index contributed by atoms with van der Waals surface area (Å²) < 4.78 is 0. The predicted molar refractivity (Wildman–Crippen MR) is 88.4 cm³/mol. The second-order valence-corrected chi connectivity index (χ2v) is 7.85. The summed E-state index contributed by atoms with van der Waals surface area (Å²) in [5, 5.41) is 10.6. The van der Waals surface area contributed by atoms with Crippen molar-refractivity contribution < 1.29 is 5.11 Å². The van der Waals surface area contributed by atoms with Crippen LogP contribution in [0.15, 0.2) is 12.1 Å². The molecule has 0 aliphatic rings. The molecular formula is C19H31O. The van der Waals surface area contributed by atoms with Crippen molar-refractivity contribution in [1.82, 2.24) is 0 Å². The van der Waals surface area contributed by atoms with Gasteiger partial charge in [-0.1, -0.05) is 73.4 Å². The molecule has 0 saturated carbocycles. The van der Waals surface area contributed by atoms with Gasteiger partial charge in [-0.2, -0.15) is 0 Å². The molecule has 1 aromatic rings. The summed E-state index contributed by atoms with van der Waals surface area (Å²) in [5.41, 5.74) is 3.40. The Hall–Kier alpha value is -0.980. The minimum atomic E-state index is -0.0353. The van der Waals surface area contributed by atoms with Gasteiger partial charge in [-0.05, 0) is 40.4 Å². The first-order valence-corrected chi connectivity index (χ1v) is 7.73. The Morgan fingerprint density at radius 2 is 1.35 bits per heavy atom. The zero-order chi connectivity index (χ0) is 15.6. The summed E-state index contributed by atoms with van der Waals surface area (Å²) in [5.74, 6) is 0.478. The lowest BCUT2D eigenvalue weighted by Crippen LogP contribution is -2.17. The van der Waals surface area contributed by atoms with Crippen LogP contribution in [0, 0.1) is 6.92 Å². The van der Waals surface area contributed by atoms with E-state index < -0.39 is 0 Å². The molecule has 0 atom stereocenters. The average molecular weight is 275 g/mol. The summed E-state index contributed by atoms with van der Waals surface area (Å²) in [6.07, 6.45) is 4.40. The number of benzene rings is 1. The molecule has 1 radical (unpaired) electrons. The number of phenolic OH excluding ortho intramolecular Hbond substituents is 1. The van der Waals surface area contributed by atoms with Crippen molar-refractivity contribution >= 4 is 0 Å². The molecule has 1 aromatic carbocycles. The molecule has 0 fully saturated rings. The number of aromatic hydroxyl groups is 1. The van der Waals surface area contributed by atoms with Crippen LogP contribution in [0.4, 0.5) is 0 Å². The molecule has 0 spiro atoms. The predicted octanol–water partition coefficient (Wildman–Crippen LogP) is 5.53. The van der Waals surface area contributed by atoms with E-state index >= 15 is 0 Å². The minimum Gasteiger partial charge on any atom is -0.507 e. The van der Waals surface area contributed by atoms with Gasteiger partial charge in [-0.15, -0.1) is 0 Å². The van der Waals surface area contributed by atoms with Gasteiger partial charge in [0.05, 0.1) is 0 Å². The monoisotopic (exact) mass is 275 g/mol. The van der Waals surface area contributed by atoms with E-state index in [0.29, 0.717) is 5.75 Å². The summed E-state index contributed by atoms with van der Waals surface area (Å²) in [7, 11) is 0. The van der Waals surface area contributed by atoms with Gasteiger partial charge in [-0.3, -0.25) is 0 Å². The SMILES string of the molecule is [CH2]CCCCc1cc(C(C)(C)C)c(O)c(C(C)(C)C)c1. The lowest BCUT2D eigenvalue weighted by atomic mass is 9.78. The average Bonchev–Trinajstić information content (AvgIpc) is 2.28. The van der Waals surface area contributed by atoms with E-state index in [4.69, 9.17) is 0 Å². The molecule has 1 N–H and O–H groups in total. The van der Waals surface area contributed by atoms with Crippen LogP contribution >= 0.6 is 0 Å². The van der Waals surface area contributed by atoms with Gasteiger partial charge < -0.3 is 5.11 Å². The van der Waals surface area contributed by atoms with Crippen molar-refractivity contribution in [3.8, 4) is 5.75 Å². The zero-order valence-corrected chi connectivity index (χ0v) is 14.1. The van der Waals surface area contributed by atoms with Crippen molar-refractivity contribution in [3.05, 3.63) is 35.7 Å². The highest BCUT2D eigenvalue weighted by molar-refractivity contribution is 5.49. The molecule has 1 heteroatoms. The summed E-state index contributed by atoms with van der Waals surface area (Å²) >= 11 is 0. The molecule has 0 bridgehead atoms. The number of aryl methyl sites for hydroxylation is 1. The molecule has 0 aliphatic heterocycles. The maximum absolute atomic E-state index is 10.6. The second kappa shape index (κ2) is 6.20. The minimum absolute atomic E-state index is 0.0353. The molecular weight excluding hydrogens is 244 g/mol. The Morgan fingerprint density at radius 3 is 1.70 bits per heavy atom. The molecule has 0 heterocycles. The standard InChI is InChI=1S/C19H31O/c1-8-9-10-11-14-12-15(18(2,3)4)17(20)16(13-14)19(5,6)7/h12-13,20H,1,8-11H2,2-7H3. The lowest BCUT2D eigenvalue weighted by Gasteiger charge is -2.28. The molecule has 0 saturated heterocycles. The molecule has 1 rings (SSSR count). The third kappa shape index (κ3) is 4.26. The first-order valence-electron chi connectivity index (χ1n) is 7.73. The normalized spacial score (nSPS) is 12.8. The van der Waals surface area contributed by atoms with E-state index in [0.717, 1.165) is 30.4 Å². The van der Waals surface area contributed by atoms with E-state index in [-0.39, 0.29) is 10.8 Å². The maximum atomic E-state index is 10.6. The van der Waals surface area contributed by atoms with E-state index in [1.54, 1.807) is 0 Å². The molecule has 20 heavy (non-hydrogen) atoms. The fourth-order valence-corrected chi connectivity index (χ4v) is 2.49. The van der Waals surface area contributed by atoms with Crippen molar-refractivity contribution in [2.75, 3.05) is 0 Å². The third-order valence-electron chi connectivity index (χ3n) is 3.75. The Balaban J connectivity index is 3.28. The van der Waals surface area contributed by atoms with Gasteiger partial charge in [0.2, 0.25) is 0 Å². The number of hydrogen-bond acceptors (Lipinski definition) is 1. The number of phenols is 1. The Kier molecular flexibility index (Phi) is 5.29. The van der Waals surface area contributed by atoms with Gasteiger partial charge in [-0.25, -0.2) is 0 Å². The van der Waals surface area contributed by atoms with Crippen LogP contribution in [0.25, 0.3) is 0 Å². The van der Waals surface area contributed by atoms with Crippen molar-refractivity contribution in [3.63, 3.8) is 0 Å². The highest BCUT2D eigenvalue weighted by atomic mass is 16.3. The molecule has 0 unspecified atom stereocenters. The topological polar surface area (TPSA) is 20.2 Å². The van der Waals surface area contributed by atoms with Gasteiger partial charge in [0.15, 0.2) is 0 Å². The number of rotatable bonds is 4. The van der Waals surface area contributed by atoms with E-state index in [2.05, 4.69) is 60.6 Å². The molecule has 0 aromatic heterocycles. The van der Waals surface area contributed by atoms with Crippen LogP contribution < -0.4 is 0 Å². The second-order valence-electron chi connectivity index (χ2n) is 7.85. The van der Waals surface area contributed by atoms with Crippen LogP contribution in [0.2, 0.25) is 0 Å². The Bertz CT molecular complexity index is 409. The smallest absolute Gasteiger partial charge is 0.123 e. The van der Waals surface area contributed by atoms with Gasteiger partial charge >= 0.3 is 0 Å². The van der Waals surface area contributed by atoms with E-state index in [1.807, 2.05) is 0 Å². The van der Waals surface area contributed by atoms with E-state index in [9.17, 15) is 5.11 Å². The first kappa shape index (κ1) is 17.1. The van der Waals surface area contributed by atoms with Crippen molar-refractivity contribution in [2.45, 2.75) is 78.1 Å². The molecule has 1 nitrogen and oxygen atoms in total. The summed E-state index contributed by atoms with van der Waals surface area (Å²) in [4.78, 5) is 0. The van der Waals surface area contributed by atoms with Crippen LogP contribution in [-0.4, -0.2) is 5.11 Å². The summed E-state index contributed by atoms with van der Waals surface area (Å²) in [6, 6.07) is 4.38. The van der Waals surface area contributed by atoms with Crippen molar-refractivity contribution in [2.24, 2.45) is 0 Å². The van der Waals surface area contributed by atoms with Crippen LogP contribution in [0.1, 0.15) is 77.5 Å². The quantitative estimate of drug-likeness (QED) is 0.716. The Morgan fingerprint density at radius 1 is 0.900 bits per heavy atom. The zero-order valence-electron chi connectivity index (χ0n) is 14.1. The molecule has 0 aliphatic carbocycles. The van der Waals surface area contributed by atoms with Crippen LogP contribution in [0.3, 0.4) is 0 Å². The molecule has 0 amide bonds. The van der Waals surface area contributed by atoms with Crippen molar-refractivity contribution in [1.29, 1.82) is 0 Å². The third-order valence-corrected chi connectivity index (χ3v) is 3.75. The first-order chi connectivity index (χ1) is 9.07. The fraction of sp³-hybridized carbons (Fsp3) is 0.632. The number of unbranched alkanes of at least 4 members (excludes halogenated alkanes) is 2. The largest absolute Gasteiger partial charge is 0.507 e. The summed E-state index contributed by atoms with van der Waals surface area (Å²) in [6.45, 7) is 16.9. The Labute approximate surface area is 125 Å². The molecule has 113 valence electrons. The lowest BCUT2D eigenvalue weighted by molar-refractivity contribution is 0.422. The maximum Gasteiger partial charge on any atom is 0.123 e. The fourth-order valence-electron chi connectivity index (χ4n) is 2.49. The van der Waals surface area contributed by atoms with Gasteiger partial charge in [0.1, 0.15) is 5.75 Å². The van der Waals surface area contributed by atoms with Crippen LogP contribution in [0.5, 0.6) is 5.75 Å². The number of hydrogen-bond donors (Lipinski definition) is 1. The highest BCUT2D eigenvalue weighted by Crippen LogP contribution is 2.39. The van der Waals surface area contributed by atoms with Gasteiger partial charge in [0, 0.05) is 0 Å². The van der Waals surface area contributed by atoms with Gasteiger partial charge in [0.25, 0.3) is 0 Å². The van der Waals surface area contributed by atoms with E-state index in [1.165, 1.54) is 12.0 Å². The van der Waals surface area contributed by atoms with Crippen LogP contribution in [-0.2, 0) is 17.3 Å².